The second kappa shape index (κ2) is 8.43. The van der Waals surface area contributed by atoms with E-state index in [0.29, 0.717) is 6.04 Å². The Bertz CT molecular complexity index is 167. The van der Waals surface area contributed by atoms with Gasteiger partial charge in [-0.2, -0.15) is 0 Å². The predicted molar refractivity (Wildman–Crippen MR) is 55.7 cm³/mol. The Morgan fingerprint density at radius 1 is 1.38 bits per heavy atom. The van der Waals surface area contributed by atoms with Crippen molar-refractivity contribution in [3.05, 3.63) is 0 Å². The summed E-state index contributed by atoms with van der Waals surface area (Å²) in [4.78, 5) is 0. The highest BCUT2D eigenvalue weighted by Crippen LogP contribution is 2.18. The molecule has 0 aliphatic rings. The van der Waals surface area contributed by atoms with Gasteiger partial charge in [0.15, 0.2) is 0 Å². The topological polar surface area (TPSA) is 115 Å². The largest absolute Gasteiger partial charge is 0.344 e. The van der Waals surface area contributed by atoms with Crippen LogP contribution in [-0.4, -0.2) is 19.0 Å². The molecule has 0 saturated carbocycles. The molecule has 0 radical (unpaired) electrons. The Balaban J connectivity index is -0.000000173. The first kappa shape index (κ1) is 18.6. The Hall–Kier alpha value is -0.170. The Morgan fingerprint density at radius 2 is 1.62 bits per heavy atom. The quantitative estimate of drug-likeness (QED) is 0.384. The zero-order chi connectivity index (χ0) is 10.4. The van der Waals surface area contributed by atoms with Gasteiger partial charge in [-0.05, 0) is 11.8 Å². The molecule has 0 aliphatic heterocycles. The molecular formula is C7H22N2O3S. The molecule has 0 aromatic rings. The standard InChI is InChI=1S/C7H17N.H3N.H2O3S/c1-5-6(8)7(2,3)4;;1-4(2)3/h6H,5,8H2,1-4H3;1H3;4H,(H,1,2,3). The van der Waals surface area contributed by atoms with Crippen LogP contribution in [0.2, 0.25) is 0 Å². The lowest BCUT2D eigenvalue weighted by molar-refractivity contribution is 0.313. The first-order chi connectivity index (χ1) is 5.21. The van der Waals surface area contributed by atoms with Crippen LogP contribution >= 0.6 is 0 Å². The average molecular weight is 214 g/mol. The minimum Gasteiger partial charge on any atom is -0.344 e. The van der Waals surface area contributed by atoms with Gasteiger partial charge in [-0.15, -0.1) is 0 Å². The van der Waals surface area contributed by atoms with E-state index >= 15 is 0 Å². The summed E-state index contributed by atoms with van der Waals surface area (Å²) < 4.78 is 24.2. The highest BCUT2D eigenvalue weighted by Gasteiger charge is 2.17. The summed E-state index contributed by atoms with van der Waals surface area (Å²) in [6.07, 6.45) is 1.07. The van der Waals surface area contributed by atoms with Crippen molar-refractivity contribution in [1.29, 1.82) is 0 Å². The molecule has 0 fully saturated rings. The average Bonchev–Trinajstić information content (AvgIpc) is 1.82. The van der Waals surface area contributed by atoms with E-state index in [1.807, 2.05) is 0 Å². The Labute approximate surface area is 82.1 Å². The number of nitrogens with two attached hydrogens (primary N) is 1. The molecule has 13 heavy (non-hydrogen) atoms. The lowest BCUT2D eigenvalue weighted by Crippen LogP contribution is -2.33. The first-order valence-electron chi connectivity index (χ1n) is 3.80. The molecule has 0 saturated heterocycles. The molecule has 0 rings (SSSR count). The zero-order valence-corrected chi connectivity index (χ0v) is 9.67. The molecule has 1 unspecified atom stereocenters. The number of hydrogen-bond acceptors (Lipinski definition) is 4. The summed E-state index contributed by atoms with van der Waals surface area (Å²) in [5.74, 6) is 0. The van der Waals surface area contributed by atoms with Crippen LogP contribution in [0.1, 0.15) is 34.1 Å². The third-order valence-electron chi connectivity index (χ3n) is 1.55. The smallest absolute Gasteiger partial charge is 0.254 e. The molecule has 6 N–H and O–H groups in total. The van der Waals surface area contributed by atoms with Crippen molar-refractivity contribution in [3.63, 3.8) is 0 Å². The fraction of sp³-hybridized carbons (Fsp3) is 1.00. The normalized spacial score (nSPS) is 12.5. The fourth-order valence-electron chi connectivity index (χ4n) is 0.612. The van der Waals surface area contributed by atoms with E-state index in [0.717, 1.165) is 6.42 Å². The predicted octanol–water partition coefficient (Wildman–Crippen LogP) is 1.00. The molecule has 84 valence electrons. The molecule has 5 nitrogen and oxygen atoms in total. The molecule has 0 aliphatic carbocycles. The van der Waals surface area contributed by atoms with Crippen molar-refractivity contribution in [1.82, 2.24) is 6.15 Å². The number of hydrogen-bond donors (Lipinski definition) is 4. The summed E-state index contributed by atoms with van der Waals surface area (Å²) in [7, 11) is -3.12. The van der Waals surface area contributed by atoms with Gasteiger partial charge in [-0.1, -0.05) is 27.7 Å². The van der Waals surface area contributed by atoms with E-state index in [9.17, 15) is 0 Å². The van der Waals surface area contributed by atoms with Crippen LogP contribution in [-0.2, 0) is 11.0 Å². The summed E-state index contributed by atoms with van der Waals surface area (Å²) in [6, 6.07) is 0.350. The monoisotopic (exact) mass is 214 g/mol. The minimum absolute atomic E-state index is 0. The van der Waals surface area contributed by atoms with Crippen LogP contribution in [0.3, 0.4) is 0 Å². The number of rotatable bonds is 1. The van der Waals surface area contributed by atoms with Gasteiger partial charge >= 0.3 is 0 Å². The maximum absolute atomic E-state index is 8.59. The second-order valence-electron chi connectivity index (χ2n) is 3.62. The van der Waals surface area contributed by atoms with Crippen molar-refractivity contribution < 1.29 is 13.0 Å². The molecule has 6 heteroatoms. The van der Waals surface area contributed by atoms with E-state index in [1.165, 1.54) is 0 Å². The van der Waals surface area contributed by atoms with Crippen molar-refractivity contribution in [2.75, 3.05) is 0 Å². The summed E-state index contributed by atoms with van der Waals surface area (Å²) in [6.45, 7) is 8.62. The second-order valence-corrected chi connectivity index (χ2v) is 4.09. The fourth-order valence-corrected chi connectivity index (χ4v) is 0.612. The summed E-state index contributed by atoms with van der Waals surface area (Å²) in [5, 5.41) is 0. The van der Waals surface area contributed by atoms with E-state index < -0.39 is 11.0 Å². The first-order valence-corrected chi connectivity index (χ1v) is 4.93. The van der Waals surface area contributed by atoms with Gasteiger partial charge in [0, 0.05) is 6.04 Å². The SMILES string of the molecule is CCC(N)C(C)(C)C.N.O=[SH](=O)O. The van der Waals surface area contributed by atoms with Gasteiger partial charge in [0.1, 0.15) is 0 Å². The van der Waals surface area contributed by atoms with Crippen molar-refractivity contribution >= 4 is 11.0 Å². The van der Waals surface area contributed by atoms with Gasteiger partial charge in [0.05, 0.1) is 0 Å². The van der Waals surface area contributed by atoms with Gasteiger partial charge in [0.2, 0.25) is 0 Å². The van der Waals surface area contributed by atoms with Gasteiger partial charge in [-0.3, -0.25) is 4.55 Å². The van der Waals surface area contributed by atoms with Crippen LogP contribution in [0.15, 0.2) is 0 Å². The van der Waals surface area contributed by atoms with Crippen LogP contribution < -0.4 is 11.9 Å². The minimum atomic E-state index is -3.12. The third kappa shape index (κ3) is 18.6. The summed E-state index contributed by atoms with van der Waals surface area (Å²) >= 11 is 0. The lowest BCUT2D eigenvalue weighted by Gasteiger charge is -2.25. The summed E-state index contributed by atoms with van der Waals surface area (Å²) in [5.41, 5.74) is 6.04. The van der Waals surface area contributed by atoms with E-state index in [4.69, 9.17) is 18.7 Å². The third-order valence-corrected chi connectivity index (χ3v) is 1.55. The van der Waals surface area contributed by atoms with Crippen LogP contribution in [0.5, 0.6) is 0 Å². The molecule has 0 amide bonds. The lowest BCUT2D eigenvalue weighted by atomic mass is 9.86. The maximum atomic E-state index is 8.59. The van der Waals surface area contributed by atoms with Crippen molar-refractivity contribution in [3.8, 4) is 0 Å². The molecule has 0 spiro atoms. The molecular weight excluding hydrogens is 192 g/mol. The van der Waals surface area contributed by atoms with Gasteiger partial charge in [0.25, 0.3) is 11.0 Å². The Kier molecular flexibility index (Phi) is 12.0. The highest BCUT2D eigenvalue weighted by molar-refractivity contribution is 7.66. The highest BCUT2D eigenvalue weighted by atomic mass is 32.2. The van der Waals surface area contributed by atoms with Gasteiger partial charge in [-0.25, -0.2) is 8.42 Å². The zero-order valence-electron chi connectivity index (χ0n) is 8.78. The molecule has 0 aromatic heterocycles. The van der Waals surface area contributed by atoms with Crippen LogP contribution in [0.25, 0.3) is 0 Å². The van der Waals surface area contributed by atoms with Gasteiger partial charge < -0.3 is 11.9 Å². The molecule has 0 aromatic carbocycles. The van der Waals surface area contributed by atoms with E-state index in [2.05, 4.69) is 27.7 Å². The molecule has 0 heterocycles. The molecule has 1 atom stereocenters. The molecule has 0 bridgehead atoms. The van der Waals surface area contributed by atoms with Crippen LogP contribution in [0, 0.1) is 5.41 Å². The van der Waals surface area contributed by atoms with E-state index in [-0.39, 0.29) is 11.6 Å². The van der Waals surface area contributed by atoms with Crippen molar-refractivity contribution in [2.24, 2.45) is 11.1 Å². The number of thiol groups is 1. The Morgan fingerprint density at radius 3 is 1.62 bits per heavy atom. The van der Waals surface area contributed by atoms with Crippen LogP contribution in [0.4, 0.5) is 0 Å². The maximum Gasteiger partial charge on any atom is 0.254 e. The van der Waals surface area contributed by atoms with Crippen molar-refractivity contribution in [2.45, 2.75) is 40.2 Å². The van der Waals surface area contributed by atoms with E-state index in [1.54, 1.807) is 0 Å².